The van der Waals surface area contributed by atoms with Gasteiger partial charge in [-0.15, -0.1) is 6.58 Å². The molecule has 0 rings (SSSR count). The minimum absolute atomic E-state index is 0.147. The minimum Gasteiger partial charge on any atom is -0.465 e. The summed E-state index contributed by atoms with van der Waals surface area (Å²) in [6.07, 6.45) is 23.7. The van der Waals surface area contributed by atoms with Crippen molar-refractivity contribution in [1.29, 1.82) is 0 Å². The Kier molecular flexibility index (Phi) is 19.6. The number of rotatable bonds is 19. The second-order valence-corrected chi connectivity index (χ2v) is 7.02. The lowest BCUT2D eigenvalue weighted by Crippen LogP contribution is -2.04. The average Bonchev–Trinajstić information content (AvgIpc) is 2.58. The summed E-state index contributed by atoms with van der Waals surface area (Å²) in [7, 11) is 0. The number of esters is 1. The van der Waals surface area contributed by atoms with Gasteiger partial charge in [0.05, 0.1) is 13.0 Å². The molecule has 0 saturated heterocycles. The van der Waals surface area contributed by atoms with Gasteiger partial charge >= 0.3 is 5.97 Å². The van der Waals surface area contributed by atoms with E-state index < -0.39 is 0 Å². The molecule has 0 heterocycles. The lowest BCUT2D eigenvalue weighted by Gasteiger charge is -2.04. The molecule has 142 valence electrons. The van der Waals surface area contributed by atoms with Crippen molar-refractivity contribution < 1.29 is 9.53 Å². The van der Waals surface area contributed by atoms with Gasteiger partial charge in [0.1, 0.15) is 0 Å². The Morgan fingerprint density at radius 2 is 1.08 bits per heavy atom. The van der Waals surface area contributed by atoms with Crippen LogP contribution >= 0.6 is 0 Å². The Morgan fingerprint density at radius 1 is 0.708 bits per heavy atom. The Balaban J connectivity index is 3.02. The molecule has 0 radical (unpaired) electrons. The van der Waals surface area contributed by atoms with Crippen molar-refractivity contribution in [1.82, 2.24) is 0 Å². The van der Waals surface area contributed by atoms with Crippen LogP contribution in [0, 0.1) is 0 Å². The van der Waals surface area contributed by atoms with E-state index in [-0.39, 0.29) is 5.97 Å². The molecule has 0 aromatic heterocycles. The van der Waals surface area contributed by atoms with Gasteiger partial charge in [0, 0.05) is 0 Å². The van der Waals surface area contributed by atoms with Crippen molar-refractivity contribution in [3.8, 4) is 0 Å². The van der Waals surface area contributed by atoms with Crippen molar-refractivity contribution in [3.63, 3.8) is 0 Å². The zero-order valence-electron chi connectivity index (χ0n) is 16.3. The number of hydrogen-bond acceptors (Lipinski definition) is 2. The summed E-state index contributed by atoms with van der Waals surface area (Å²) in [5.41, 5.74) is 0. The molecule has 2 nitrogen and oxygen atoms in total. The number of carbonyl (C=O) groups excluding carboxylic acids is 1. The summed E-state index contributed by atoms with van der Waals surface area (Å²) < 4.78 is 5.09. The maximum atomic E-state index is 11.1. The molecule has 0 unspecified atom stereocenters. The Morgan fingerprint density at radius 3 is 1.46 bits per heavy atom. The number of ether oxygens (including phenoxy) is 1. The van der Waals surface area contributed by atoms with Gasteiger partial charge in [-0.05, 0) is 6.42 Å². The van der Waals surface area contributed by atoms with Crippen LogP contribution in [0.2, 0.25) is 0 Å². The quantitative estimate of drug-likeness (QED) is 0.140. The summed E-state index contributed by atoms with van der Waals surface area (Å²) in [6, 6.07) is 0. The van der Waals surface area contributed by atoms with E-state index in [1.807, 2.05) is 0 Å². The molecule has 0 aliphatic heterocycles. The molecule has 2 heteroatoms. The molecule has 0 aliphatic rings. The lowest BCUT2D eigenvalue weighted by atomic mass is 10.0. The third-order valence-electron chi connectivity index (χ3n) is 4.57. The van der Waals surface area contributed by atoms with E-state index in [1.54, 1.807) is 6.08 Å². The van der Waals surface area contributed by atoms with Gasteiger partial charge in [-0.1, -0.05) is 109 Å². The van der Waals surface area contributed by atoms with Crippen LogP contribution in [0.3, 0.4) is 0 Å². The van der Waals surface area contributed by atoms with Crippen LogP contribution in [0.1, 0.15) is 116 Å². The zero-order chi connectivity index (χ0) is 17.7. The van der Waals surface area contributed by atoms with Gasteiger partial charge in [0.2, 0.25) is 0 Å². The first-order valence-corrected chi connectivity index (χ1v) is 10.6. The first-order valence-electron chi connectivity index (χ1n) is 10.6. The highest BCUT2D eigenvalue weighted by molar-refractivity contribution is 5.70. The maximum absolute atomic E-state index is 11.1. The molecule has 0 aromatic carbocycles. The summed E-state index contributed by atoms with van der Waals surface area (Å²) in [5, 5.41) is 0. The predicted molar refractivity (Wildman–Crippen MR) is 105 cm³/mol. The molecule has 0 fully saturated rings. The molecular weight excluding hydrogens is 296 g/mol. The van der Waals surface area contributed by atoms with Gasteiger partial charge in [-0.25, -0.2) is 0 Å². The molecule has 0 aromatic rings. The van der Waals surface area contributed by atoms with Gasteiger partial charge in [-0.2, -0.15) is 0 Å². The molecule has 0 saturated carbocycles. The van der Waals surface area contributed by atoms with E-state index in [9.17, 15) is 4.79 Å². The summed E-state index contributed by atoms with van der Waals surface area (Å²) >= 11 is 0. The average molecular weight is 339 g/mol. The molecule has 24 heavy (non-hydrogen) atoms. The van der Waals surface area contributed by atoms with Gasteiger partial charge < -0.3 is 4.74 Å². The third kappa shape index (κ3) is 19.3. The maximum Gasteiger partial charge on any atom is 0.309 e. The highest BCUT2D eigenvalue weighted by atomic mass is 16.5. The van der Waals surface area contributed by atoms with Gasteiger partial charge in [0.15, 0.2) is 0 Å². The molecule has 0 aliphatic carbocycles. The summed E-state index contributed by atoms with van der Waals surface area (Å²) in [6.45, 7) is 6.38. The lowest BCUT2D eigenvalue weighted by molar-refractivity contribution is -0.142. The monoisotopic (exact) mass is 338 g/mol. The molecule has 0 amide bonds. The highest BCUT2D eigenvalue weighted by Gasteiger charge is 1.98. The van der Waals surface area contributed by atoms with Crippen molar-refractivity contribution in [3.05, 3.63) is 12.7 Å². The van der Waals surface area contributed by atoms with E-state index in [0.717, 1.165) is 6.42 Å². The van der Waals surface area contributed by atoms with Crippen LogP contribution in [0.4, 0.5) is 0 Å². The van der Waals surface area contributed by atoms with Gasteiger partial charge in [0.25, 0.3) is 0 Å². The topological polar surface area (TPSA) is 26.3 Å². The van der Waals surface area contributed by atoms with Crippen molar-refractivity contribution in [2.24, 2.45) is 0 Å². The van der Waals surface area contributed by atoms with Crippen LogP contribution in [0.15, 0.2) is 12.7 Å². The van der Waals surface area contributed by atoms with Crippen molar-refractivity contribution in [2.75, 3.05) is 6.61 Å². The second kappa shape index (κ2) is 20.3. The van der Waals surface area contributed by atoms with E-state index in [2.05, 4.69) is 13.5 Å². The van der Waals surface area contributed by atoms with Crippen molar-refractivity contribution in [2.45, 2.75) is 116 Å². The van der Waals surface area contributed by atoms with Crippen LogP contribution < -0.4 is 0 Å². The second-order valence-electron chi connectivity index (χ2n) is 7.02. The summed E-state index contributed by atoms with van der Waals surface area (Å²) in [4.78, 5) is 11.1. The fraction of sp³-hybridized carbons (Fsp3) is 0.864. The first kappa shape index (κ1) is 23.2. The van der Waals surface area contributed by atoms with Crippen LogP contribution in [0.5, 0.6) is 0 Å². The normalized spacial score (nSPS) is 10.7. The smallest absolute Gasteiger partial charge is 0.309 e. The van der Waals surface area contributed by atoms with Crippen LogP contribution in [-0.4, -0.2) is 12.6 Å². The fourth-order valence-corrected chi connectivity index (χ4v) is 3.01. The number of carbonyl (C=O) groups is 1. The van der Waals surface area contributed by atoms with E-state index in [4.69, 9.17) is 4.74 Å². The fourth-order valence-electron chi connectivity index (χ4n) is 3.01. The largest absolute Gasteiger partial charge is 0.465 e. The molecule has 0 N–H and O–H groups in total. The summed E-state index contributed by atoms with van der Waals surface area (Å²) in [5.74, 6) is -0.147. The van der Waals surface area contributed by atoms with E-state index in [0.29, 0.717) is 13.0 Å². The van der Waals surface area contributed by atoms with E-state index in [1.165, 1.54) is 96.3 Å². The molecule has 0 spiro atoms. The Bertz CT molecular complexity index is 273. The standard InChI is InChI=1S/C22H42O2/c1-3-5-6-7-8-9-10-11-12-13-14-15-16-17-18-19-21-24-22(23)20-4-2/h4H,2-3,5-21H2,1H3. The highest BCUT2D eigenvalue weighted by Crippen LogP contribution is 2.13. The molecule has 0 atom stereocenters. The number of hydrogen-bond donors (Lipinski definition) is 0. The SMILES string of the molecule is C=CCC(=O)OCCCCCCCCCCCCCCCCCC. The van der Waals surface area contributed by atoms with Gasteiger partial charge in [-0.3, -0.25) is 4.79 Å². The van der Waals surface area contributed by atoms with Crippen LogP contribution in [0.25, 0.3) is 0 Å². The van der Waals surface area contributed by atoms with E-state index >= 15 is 0 Å². The number of unbranched alkanes of at least 4 members (excludes halogenated alkanes) is 15. The third-order valence-corrected chi connectivity index (χ3v) is 4.57. The zero-order valence-corrected chi connectivity index (χ0v) is 16.3. The molecular formula is C22H42O2. The Hall–Kier alpha value is -0.790. The Labute approximate surface area is 151 Å². The van der Waals surface area contributed by atoms with Crippen molar-refractivity contribution >= 4 is 5.97 Å². The van der Waals surface area contributed by atoms with Crippen LogP contribution in [-0.2, 0) is 9.53 Å². The minimum atomic E-state index is -0.147. The molecule has 0 bridgehead atoms. The first-order chi connectivity index (χ1) is 11.8. The predicted octanol–water partition coefficient (Wildman–Crippen LogP) is 7.37.